The van der Waals surface area contributed by atoms with Crippen LogP contribution in [0.2, 0.25) is 0 Å². The van der Waals surface area contributed by atoms with Crippen molar-refractivity contribution >= 4 is 17.5 Å². The van der Waals surface area contributed by atoms with Crippen LogP contribution in [0.3, 0.4) is 0 Å². The van der Waals surface area contributed by atoms with Gasteiger partial charge in [-0.25, -0.2) is 0 Å². The molecule has 2 aliphatic heterocycles. The maximum atomic E-state index is 12.6. The Balaban J connectivity index is 1.39. The van der Waals surface area contributed by atoms with Crippen LogP contribution in [-0.4, -0.2) is 43.5 Å². The molecule has 1 fully saturated rings. The largest absolute Gasteiger partial charge is 0.493 e. The Bertz CT molecular complexity index is 872. The molecule has 140 valence electrons. The second kappa shape index (κ2) is 6.95. The molecule has 6 nitrogen and oxygen atoms in total. The molecule has 0 bridgehead atoms. The minimum atomic E-state index is -0.517. The summed E-state index contributed by atoms with van der Waals surface area (Å²) in [6, 6.07) is 15.1. The van der Waals surface area contributed by atoms with Gasteiger partial charge in [0.2, 0.25) is 5.91 Å². The zero-order chi connectivity index (χ0) is 18.9. The first kappa shape index (κ1) is 17.4. The van der Waals surface area contributed by atoms with Crippen LogP contribution in [-0.2, 0) is 15.0 Å². The summed E-state index contributed by atoms with van der Waals surface area (Å²) in [5, 5.41) is 2.98. The van der Waals surface area contributed by atoms with Gasteiger partial charge in [-0.05, 0) is 36.6 Å². The van der Waals surface area contributed by atoms with E-state index >= 15 is 0 Å². The highest BCUT2D eigenvalue weighted by Gasteiger charge is 2.48. The molecule has 2 amide bonds. The van der Waals surface area contributed by atoms with Crippen molar-refractivity contribution in [2.24, 2.45) is 0 Å². The first-order valence-corrected chi connectivity index (χ1v) is 9.08. The molecule has 0 atom stereocenters. The molecule has 0 aromatic heterocycles. The molecule has 6 heteroatoms. The van der Waals surface area contributed by atoms with Crippen LogP contribution in [0.25, 0.3) is 0 Å². The van der Waals surface area contributed by atoms with E-state index in [0.717, 1.165) is 11.3 Å². The highest BCUT2D eigenvalue weighted by molar-refractivity contribution is 6.06. The number of rotatable bonds is 4. The molecule has 1 spiro atoms. The summed E-state index contributed by atoms with van der Waals surface area (Å²) in [5.74, 6) is 1.11. The number of para-hydroxylation sites is 3. The van der Waals surface area contributed by atoms with Crippen LogP contribution < -0.4 is 14.8 Å². The molecule has 2 heterocycles. The van der Waals surface area contributed by atoms with Crippen molar-refractivity contribution in [1.82, 2.24) is 4.90 Å². The van der Waals surface area contributed by atoms with E-state index in [1.54, 1.807) is 24.1 Å². The minimum Gasteiger partial charge on any atom is -0.493 e. The van der Waals surface area contributed by atoms with Crippen LogP contribution in [0.4, 0.5) is 5.69 Å². The lowest BCUT2D eigenvalue weighted by Crippen LogP contribution is -2.49. The fourth-order valence-corrected chi connectivity index (χ4v) is 3.98. The van der Waals surface area contributed by atoms with Gasteiger partial charge in [0, 0.05) is 18.8 Å². The minimum absolute atomic E-state index is 0.0427. The van der Waals surface area contributed by atoms with Gasteiger partial charge in [0.15, 0.2) is 18.1 Å². The lowest BCUT2D eigenvalue weighted by atomic mass is 9.73. The maximum absolute atomic E-state index is 12.6. The lowest BCUT2D eigenvalue weighted by Gasteiger charge is -2.37. The van der Waals surface area contributed by atoms with Gasteiger partial charge in [0.1, 0.15) is 0 Å². The van der Waals surface area contributed by atoms with Gasteiger partial charge in [-0.2, -0.15) is 0 Å². The Kier molecular flexibility index (Phi) is 4.48. The number of hydrogen-bond donors (Lipinski definition) is 1. The first-order valence-electron chi connectivity index (χ1n) is 9.08. The smallest absolute Gasteiger partial charge is 0.260 e. The van der Waals surface area contributed by atoms with E-state index in [4.69, 9.17) is 9.47 Å². The predicted octanol–water partition coefficient (Wildman–Crippen LogP) is 2.59. The number of carbonyl (C=O) groups excluding carboxylic acids is 2. The number of ether oxygens (including phenoxy) is 2. The van der Waals surface area contributed by atoms with Crippen molar-refractivity contribution in [2.75, 3.05) is 32.1 Å². The average Bonchev–Trinajstić information content (AvgIpc) is 2.98. The molecule has 0 unspecified atom stereocenters. The number of fused-ring (bicyclic) bond motifs is 2. The van der Waals surface area contributed by atoms with Gasteiger partial charge in [-0.1, -0.05) is 30.3 Å². The molecular weight excluding hydrogens is 344 g/mol. The number of anilines is 1. The van der Waals surface area contributed by atoms with E-state index in [1.165, 1.54) is 0 Å². The number of nitrogens with zero attached hydrogens (tertiary/aromatic N) is 1. The van der Waals surface area contributed by atoms with Crippen LogP contribution in [0.5, 0.6) is 11.5 Å². The van der Waals surface area contributed by atoms with Crippen molar-refractivity contribution < 1.29 is 19.1 Å². The third-order valence-electron chi connectivity index (χ3n) is 5.52. The zero-order valence-electron chi connectivity index (χ0n) is 15.2. The summed E-state index contributed by atoms with van der Waals surface area (Å²) in [7, 11) is 1.57. The molecule has 0 radical (unpaired) electrons. The molecule has 1 N–H and O–H groups in total. The average molecular weight is 366 g/mol. The van der Waals surface area contributed by atoms with Gasteiger partial charge in [-0.15, -0.1) is 0 Å². The van der Waals surface area contributed by atoms with Gasteiger partial charge in [-0.3, -0.25) is 9.59 Å². The number of piperidine rings is 1. The van der Waals surface area contributed by atoms with E-state index in [1.807, 2.05) is 36.4 Å². The molecule has 2 aromatic carbocycles. The number of likely N-dealkylation sites (tertiary alicyclic amines) is 1. The summed E-state index contributed by atoms with van der Waals surface area (Å²) in [6.45, 7) is 1.03. The lowest BCUT2D eigenvalue weighted by molar-refractivity contribution is -0.137. The van der Waals surface area contributed by atoms with Gasteiger partial charge in [0.25, 0.3) is 5.91 Å². The molecule has 2 aliphatic rings. The fourth-order valence-electron chi connectivity index (χ4n) is 3.98. The third kappa shape index (κ3) is 3.01. The topological polar surface area (TPSA) is 67.9 Å². The Morgan fingerprint density at radius 1 is 1.07 bits per heavy atom. The number of carbonyl (C=O) groups is 2. The molecule has 27 heavy (non-hydrogen) atoms. The van der Waals surface area contributed by atoms with Crippen molar-refractivity contribution in [3.8, 4) is 11.5 Å². The third-order valence-corrected chi connectivity index (χ3v) is 5.52. The SMILES string of the molecule is COc1ccccc1OCC(=O)N1CCC2(CC1)C(=O)Nc1ccccc12. The highest BCUT2D eigenvalue weighted by Crippen LogP contribution is 2.44. The van der Waals surface area contributed by atoms with Gasteiger partial charge >= 0.3 is 0 Å². The Labute approximate surface area is 158 Å². The molecule has 2 aromatic rings. The fraction of sp³-hybridized carbons (Fsp3) is 0.333. The van der Waals surface area contributed by atoms with E-state index in [-0.39, 0.29) is 18.4 Å². The Morgan fingerprint density at radius 3 is 2.48 bits per heavy atom. The van der Waals surface area contributed by atoms with Gasteiger partial charge < -0.3 is 19.7 Å². The van der Waals surface area contributed by atoms with Crippen molar-refractivity contribution in [1.29, 1.82) is 0 Å². The summed E-state index contributed by atoms with van der Waals surface area (Å²) >= 11 is 0. The van der Waals surface area contributed by atoms with Crippen LogP contribution >= 0.6 is 0 Å². The molecule has 0 aliphatic carbocycles. The highest BCUT2D eigenvalue weighted by atomic mass is 16.5. The summed E-state index contributed by atoms with van der Waals surface area (Å²) in [5.41, 5.74) is 1.42. The maximum Gasteiger partial charge on any atom is 0.260 e. The van der Waals surface area contributed by atoms with Gasteiger partial charge in [0.05, 0.1) is 12.5 Å². The van der Waals surface area contributed by atoms with E-state index in [9.17, 15) is 9.59 Å². The van der Waals surface area contributed by atoms with Crippen LogP contribution in [0.1, 0.15) is 18.4 Å². The summed E-state index contributed by atoms with van der Waals surface area (Å²) in [4.78, 5) is 26.9. The number of nitrogens with one attached hydrogen (secondary N) is 1. The molecular formula is C21H22N2O4. The molecule has 1 saturated heterocycles. The first-order chi connectivity index (χ1) is 13.1. The van der Waals surface area contributed by atoms with E-state index in [2.05, 4.69) is 5.32 Å². The number of hydrogen-bond acceptors (Lipinski definition) is 4. The van der Waals surface area contributed by atoms with Crippen molar-refractivity contribution in [3.05, 3.63) is 54.1 Å². The quantitative estimate of drug-likeness (QED) is 0.903. The second-order valence-electron chi connectivity index (χ2n) is 6.90. The normalized spacial score (nSPS) is 17.4. The monoisotopic (exact) mass is 366 g/mol. The Morgan fingerprint density at radius 2 is 1.74 bits per heavy atom. The number of methoxy groups -OCH3 is 1. The molecule has 4 rings (SSSR count). The van der Waals surface area contributed by atoms with E-state index < -0.39 is 5.41 Å². The predicted molar refractivity (Wildman–Crippen MR) is 101 cm³/mol. The molecule has 0 saturated carbocycles. The zero-order valence-corrected chi connectivity index (χ0v) is 15.2. The summed E-state index contributed by atoms with van der Waals surface area (Å²) in [6.07, 6.45) is 1.24. The Hall–Kier alpha value is -3.02. The van der Waals surface area contributed by atoms with Crippen LogP contribution in [0, 0.1) is 0 Å². The second-order valence-corrected chi connectivity index (χ2v) is 6.90. The van der Waals surface area contributed by atoms with Crippen LogP contribution in [0.15, 0.2) is 48.5 Å². The van der Waals surface area contributed by atoms with Crippen molar-refractivity contribution in [2.45, 2.75) is 18.3 Å². The summed E-state index contributed by atoms with van der Waals surface area (Å²) < 4.78 is 10.9. The number of benzene rings is 2. The van der Waals surface area contributed by atoms with E-state index in [0.29, 0.717) is 37.4 Å². The number of amides is 2. The standard InChI is InChI=1S/C21H22N2O4/c1-26-17-8-4-5-9-18(17)27-14-19(24)23-12-10-21(11-13-23)15-6-2-3-7-16(15)22-20(21)25/h2-9H,10-14H2,1H3,(H,22,25). The van der Waals surface area contributed by atoms with Crippen molar-refractivity contribution in [3.63, 3.8) is 0 Å².